The van der Waals surface area contributed by atoms with Gasteiger partial charge in [-0.15, -0.1) is 0 Å². The minimum absolute atomic E-state index is 0.00653. The van der Waals surface area contributed by atoms with Gasteiger partial charge in [-0.05, 0) is 11.6 Å². The summed E-state index contributed by atoms with van der Waals surface area (Å²) in [4.78, 5) is 11.0. The Morgan fingerprint density at radius 2 is 2.14 bits per heavy atom. The molecule has 0 aliphatic carbocycles. The number of hydrogen-bond acceptors (Lipinski definition) is 2. The van der Waals surface area contributed by atoms with Crippen LogP contribution in [-0.4, -0.2) is 12.0 Å². The molecular weight excluding hydrogens is 197 g/mol. The summed E-state index contributed by atoms with van der Waals surface area (Å²) in [5, 5.41) is 0. The maximum Gasteiger partial charge on any atom is 0.389 e. The lowest BCUT2D eigenvalue weighted by atomic mass is 10.1. The molecule has 1 rings (SSSR count). The molecule has 1 heterocycles. The van der Waals surface area contributed by atoms with Crippen molar-refractivity contribution in [3.8, 4) is 0 Å². The highest BCUT2D eigenvalue weighted by Gasteiger charge is 2.27. The van der Waals surface area contributed by atoms with Crippen LogP contribution in [0.4, 0.5) is 13.2 Å². The Kier molecular flexibility index (Phi) is 3.33. The minimum atomic E-state index is -4.26. The van der Waals surface area contributed by atoms with E-state index in [0.717, 1.165) is 0 Å². The van der Waals surface area contributed by atoms with E-state index in [9.17, 15) is 18.0 Å². The molecule has 0 bridgehead atoms. The van der Waals surface area contributed by atoms with E-state index in [1.165, 1.54) is 12.5 Å². The molecule has 78 valence electrons. The molecule has 0 atom stereocenters. The van der Waals surface area contributed by atoms with E-state index < -0.39 is 24.8 Å². The standard InChI is InChI=1S/C9H9F3O2/c10-9(11,12)3-1-8(13)5-7-2-4-14-6-7/h2,4,6H,1,3,5H2. The molecule has 0 aromatic carbocycles. The van der Waals surface area contributed by atoms with Crippen molar-refractivity contribution in [3.05, 3.63) is 24.2 Å². The number of furan rings is 1. The molecule has 0 spiro atoms. The van der Waals surface area contributed by atoms with Crippen LogP contribution in [0.2, 0.25) is 0 Å². The predicted molar refractivity (Wildman–Crippen MR) is 42.7 cm³/mol. The Labute approximate surface area is 78.7 Å². The van der Waals surface area contributed by atoms with Crippen LogP contribution in [0.5, 0.6) is 0 Å². The second-order valence-corrected chi connectivity index (χ2v) is 2.96. The van der Waals surface area contributed by atoms with E-state index in [1.807, 2.05) is 0 Å². The molecule has 0 unspecified atom stereocenters. The van der Waals surface area contributed by atoms with Crippen molar-refractivity contribution in [2.24, 2.45) is 0 Å². The van der Waals surface area contributed by atoms with Gasteiger partial charge in [0.2, 0.25) is 0 Å². The number of halogens is 3. The van der Waals surface area contributed by atoms with Crippen molar-refractivity contribution >= 4 is 5.78 Å². The van der Waals surface area contributed by atoms with Gasteiger partial charge in [-0.1, -0.05) is 0 Å². The Balaban J connectivity index is 2.30. The summed E-state index contributed by atoms with van der Waals surface area (Å²) in [5.41, 5.74) is 0.608. The quantitative estimate of drug-likeness (QED) is 0.758. The molecule has 0 saturated carbocycles. The van der Waals surface area contributed by atoms with Crippen LogP contribution in [0, 0.1) is 0 Å². The van der Waals surface area contributed by atoms with Gasteiger partial charge in [-0.2, -0.15) is 13.2 Å². The Bertz CT molecular complexity index is 288. The van der Waals surface area contributed by atoms with Gasteiger partial charge in [0.05, 0.1) is 18.9 Å². The first-order chi connectivity index (χ1) is 6.47. The van der Waals surface area contributed by atoms with Crippen LogP contribution >= 0.6 is 0 Å². The zero-order valence-electron chi connectivity index (χ0n) is 7.30. The Morgan fingerprint density at radius 1 is 1.43 bits per heavy atom. The van der Waals surface area contributed by atoms with Crippen LogP contribution in [0.25, 0.3) is 0 Å². The van der Waals surface area contributed by atoms with Gasteiger partial charge in [0.1, 0.15) is 5.78 Å². The molecule has 1 aromatic heterocycles. The summed E-state index contributed by atoms with van der Waals surface area (Å²) in [6.45, 7) is 0. The fraction of sp³-hybridized carbons (Fsp3) is 0.444. The number of carbonyl (C=O) groups excluding carboxylic acids is 1. The SMILES string of the molecule is O=C(CCC(F)(F)F)Cc1ccoc1. The van der Waals surface area contributed by atoms with Crippen LogP contribution in [0.1, 0.15) is 18.4 Å². The third-order valence-electron chi connectivity index (χ3n) is 1.67. The van der Waals surface area contributed by atoms with Gasteiger partial charge in [0.25, 0.3) is 0 Å². The van der Waals surface area contributed by atoms with Gasteiger partial charge in [-0.25, -0.2) is 0 Å². The molecule has 14 heavy (non-hydrogen) atoms. The first-order valence-corrected chi connectivity index (χ1v) is 4.07. The van der Waals surface area contributed by atoms with Crippen molar-refractivity contribution in [1.29, 1.82) is 0 Å². The summed E-state index contributed by atoms with van der Waals surface area (Å²) >= 11 is 0. The van der Waals surface area contributed by atoms with Gasteiger partial charge >= 0.3 is 6.18 Å². The average Bonchev–Trinajstić information content (AvgIpc) is 2.52. The number of carbonyl (C=O) groups is 1. The Morgan fingerprint density at radius 3 is 2.64 bits per heavy atom. The van der Waals surface area contributed by atoms with Crippen molar-refractivity contribution in [1.82, 2.24) is 0 Å². The molecule has 1 aromatic rings. The molecule has 0 N–H and O–H groups in total. The molecule has 0 radical (unpaired) electrons. The molecular formula is C9H9F3O2. The maximum absolute atomic E-state index is 11.7. The highest BCUT2D eigenvalue weighted by molar-refractivity contribution is 5.80. The lowest BCUT2D eigenvalue weighted by Gasteiger charge is -2.04. The zero-order chi connectivity index (χ0) is 10.6. The topological polar surface area (TPSA) is 30.2 Å². The number of alkyl halides is 3. The average molecular weight is 206 g/mol. The molecule has 0 aliphatic rings. The van der Waals surface area contributed by atoms with Crippen molar-refractivity contribution < 1.29 is 22.4 Å². The van der Waals surface area contributed by atoms with Crippen LogP contribution < -0.4 is 0 Å². The second kappa shape index (κ2) is 4.30. The fourth-order valence-electron chi connectivity index (χ4n) is 0.990. The summed E-state index contributed by atoms with van der Waals surface area (Å²) in [6.07, 6.45) is -3.03. The van der Waals surface area contributed by atoms with E-state index in [2.05, 4.69) is 4.42 Å². The third-order valence-corrected chi connectivity index (χ3v) is 1.67. The van der Waals surface area contributed by atoms with Gasteiger partial charge in [-0.3, -0.25) is 4.79 Å². The summed E-state index contributed by atoms with van der Waals surface area (Å²) in [5.74, 6) is -0.427. The lowest BCUT2D eigenvalue weighted by molar-refractivity contribution is -0.143. The fourth-order valence-corrected chi connectivity index (χ4v) is 0.990. The first-order valence-electron chi connectivity index (χ1n) is 4.07. The summed E-state index contributed by atoms with van der Waals surface area (Å²) < 4.78 is 39.9. The van der Waals surface area contributed by atoms with Gasteiger partial charge < -0.3 is 4.42 Å². The third kappa shape index (κ3) is 4.11. The minimum Gasteiger partial charge on any atom is -0.472 e. The van der Waals surface area contributed by atoms with Crippen molar-refractivity contribution in [3.63, 3.8) is 0 Å². The highest BCUT2D eigenvalue weighted by Crippen LogP contribution is 2.21. The number of hydrogen-bond donors (Lipinski definition) is 0. The number of ketones is 1. The highest BCUT2D eigenvalue weighted by atomic mass is 19.4. The smallest absolute Gasteiger partial charge is 0.389 e. The van der Waals surface area contributed by atoms with Gasteiger partial charge in [0.15, 0.2) is 0 Å². The first kappa shape index (κ1) is 10.8. The molecule has 0 fully saturated rings. The maximum atomic E-state index is 11.7. The molecule has 5 heteroatoms. The number of Topliss-reactive ketones (excluding diaryl/α,β-unsaturated/α-hetero) is 1. The monoisotopic (exact) mass is 206 g/mol. The molecule has 0 amide bonds. The van der Waals surface area contributed by atoms with Gasteiger partial charge in [0, 0.05) is 12.8 Å². The lowest BCUT2D eigenvalue weighted by Crippen LogP contribution is -2.11. The van der Waals surface area contributed by atoms with Crippen LogP contribution in [0.3, 0.4) is 0 Å². The van der Waals surface area contributed by atoms with Crippen molar-refractivity contribution in [2.45, 2.75) is 25.4 Å². The second-order valence-electron chi connectivity index (χ2n) is 2.96. The normalized spacial score (nSPS) is 11.6. The Hall–Kier alpha value is -1.26. The van der Waals surface area contributed by atoms with E-state index >= 15 is 0 Å². The number of rotatable bonds is 4. The summed E-state index contributed by atoms with van der Waals surface area (Å²) in [6, 6.07) is 1.56. The summed E-state index contributed by atoms with van der Waals surface area (Å²) in [7, 11) is 0. The molecule has 0 saturated heterocycles. The van der Waals surface area contributed by atoms with Crippen molar-refractivity contribution in [2.75, 3.05) is 0 Å². The largest absolute Gasteiger partial charge is 0.472 e. The predicted octanol–water partition coefficient (Wildman–Crippen LogP) is 2.73. The van der Waals surface area contributed by atoms with Crippen LogP contribution in [0.15, 0.2) is 23.0 Å². The zero-order valence-corrected chi connectivity index (χ0v) is 7.30. The van der Waals surface area contributed by atoms with E-state index in [-0.39, 0.29) is 6.42 Å². The van der Waals surface area contributed by atoms with Crippen LogP contribution in [-0.2, 0) is 11.2 Å². The molecule has 0 aliphatic heterocycles. The molecule has 2 nitrogen and oxygen atoms in total. The van der Waals surface area contributed by atoms with E-state index in [1.54, 1.807) is 6.07 Å². The van der Waals surface area contributed by atoms with E-state index in [0.29, 0.717) is 5.56 Å². The van der Waals surface area contributed by atoms with E-state index in [4.69, 9.17) is 0 Å².